The fraction of sp³-hybridized carbons (Fsp3) is 0.875. The molecule has 0 spiro atoms. The van der Waals surface area contributed by atoms with Crippen molar-refractivity contribution in [1.29, 1.82) is 0 Å². The molecule has 0 nitrogen and oxygen atoms in total. The van der Waals surface area contributed by atoms with E-state index in [4.69, 9.17) is 0 Å². The van der Waals surface area contributed by atoms with Crippen molar-refractivity contribution in [3.63, 3.8) is 0 Å². The highest BCUT2D eigenvalue weighted by molar-refractivity contribution is 5.15. The minimum Gasteiger partial charge on any atom is -0.0996 e. The molecule has 0 heterocycles. The Morgan fingerprint density at radius 3 is 2.56 bits per heavy atom. The molecule has 3 atom stereocenters. The van der Waals surface area contributed by atoms with Crippen molar-refractivity contribution in [2.24, 2.45) is 22.7 Å². The number of hydrogen-bond donors (Lipinski definition) is 0. The van der Waals surface area contributed by atoms with E-state index in [1.807, 2.05) is 0 Å². The molecule has 0 bridgehead atoms. The molecule has 2 aliphatic rings. The minimum absolute atomic E-state index is 0.547. The molecule has 0 aliphatic heterocycles. The van der Waals surface area contributed by atoms with Gasteiger partial charge < -0.3 is 0 Å². The smallest absolute Gasteiger partial charge is 0.0152 e. The molecule has 2 saturated carbocycles. The Hall–Kier alpha value is -0.260. The molecule has 0 aromatic rings. The van der Waals surface area contributed by atoms with Crippen molar-refractivity contribution >= 4 is 0 Å². The van der Waals surface area contributed by atoms with Crippen LogP contribution in [-0.2, 0) is 0 Å². The third-order valence-corrected chi connectivity index (χ3v) is 5.73. The molecule has 0 aromatic carbocycles. The van der Waals surface area contributed by atoms with Gasteiger partial charge in [-0.05, 0) is 54.8 Å². The summed E-state index contributed by atoms with van der Waals surface area (Å²) in [6.45, 7) is 14.2. The Bertz CT molecular complexity index is 286. The Kier molecular flexibility index (Phi) is 2.97. The Morgan fingerprint density at radius 1 is 1.25 bits per heavy atom. The summed E-state index contributed by atoms with van der Waals surface area (Å²) in [6.07, 6.45) is 8.24. The van der Waals surface area contributed by atoms with Gasteiger partial charge in [-0.1, -0.05) is 46.3 Å². The lowest BCUT2D eigenvalue weighted by Gasteiger charge is -2.58. The topological polar surface area (TPSA) is 0 Å². The lowest BCUT2D eigenvalue weighted by atomic mass is 9.47. The summed E-state index contributed by atoms with van der Waals surface area (Å²) in [6, 6.07) is 0. The highest BCUT2D eigenvalue weighted by Gasteiger charge is 2.52. The van der Waals surface area contributed by atoms with Gasteiger partial charge in [-0.3, -0.25) is 0 Å². The normalized spacial score (nSPS) is 42.9. The van der Waals surface area contributed by atoms with Gasteiger partial charge in [0.15, 0.2) is 0 Å². The predicted octanol–water partition coefficient (Wildman–Crippen LogP) is 5.20. The van der Waals surface area contributed by atoms with Gasteiger partial charge in [0.2, 0.25) is 0 Å². The second kappa shape index (κ2) is 3.89. The highest BCUT2D eigenvalue weighted by Crippen LogP contribution is 2.61. The first-order chi connectivity index (χ1) is 7.42. The Balaban J connectivity index is 2.34. The van der Waals surface area contributed by atoms with Crippen LogP contribution < -0.4 is 0 Å². The molecule has 0 N–H and O–H groups in total. The molecular weight excluding hydrogens is 192 g/mol. The van der Waals surface area contributed by atoms with E-state index in [1.165, 1.54) is 38.5 Å². The standard InChI is InChI=1S/C16H28/c1-6-13-12(2)8-9-14-15(3,4)10-7-11-16(13,14)5/h13-14H,2,6-11H2,1,3-5H3. The average Bonchev–Trinajstić information content (AvgIpc) is 2.15. The zero-order valence-electron chi connectivity index (χ0n) is 11.6. The van der Waals surface area contributed by atoms with Crippen molar-refractivity contribution in [2.75, 3.05) is 0 Å². The lowest BCUT2D eigenvalue weighted by Crippen LogP contribution is -2.49. The van der Waals surface area contributed by atoms with Crippen LogP contribution in [0.5, 0.6) is 0 Å². The van der Waals surface area contributed by atoms with Gasteiger partial charge in [0.1, 0.15) is 0 Å². The lowest BCUT2D eigenvalue weighted by molar-refractivity contribution is -0.0527. The number of fused-ring (bicyclic) bond motifs is 1. The third kappa shape index (κ3) is 1.65. The molecule has 0 amide bonds. The minimum atomic E-state index is 0.547. The summed E-state index contributed by atoms with van der Waals surface area (Å²) in [7, 11) is 0. The maximum absolute atomic E-state index is 4.35. The number of hydrogen-bond acceptors (Lipinski definition) is 0. The SMILES string of the molecule is C=C1CCC2C(C)(C)CCCC2(C)C1CC. The van der Waals surface area contributed by atoms with Crippen molar-refractivity contribution in [1.82, 2.24) is 0 Å². The molecule has 0 radical (unpaired) electrons. The van der Waals surface area contributed by atoms with E-state index >= 15 is 0 Å². The van der Waals surface area contributed by atoms with Crippen LogP contribution in [0.25, 0.3) is 0 Å². The van der Waals surface area contributed by atoms with Crippen molar-refractivity contribution in [2.45, 2.75) is 66.2 Å². The van der Waals surface area contributed by atoms with Crippen LogP contribution in [0.1, 0.15) is 66.2 Å². The summed E-state index contributed by atoms with van der Waals surface area (Å²) < 4.78 is 0. The third-order valence-electron chi connectivity index (χ3n) is 5.73. The molecule has 0 aromatic heterocycles. The van der Waals surface area contributed by atoms with Crippen LogP contribution in [0.3, 0.4) is 0 Å². The van der Waals surface area contributed by atoms with Gasteiger partial charge in [-0.15, -0.1) is 0 Å². The Labute approximate surface area is 102 Å². The van der Waals surface area contributed by atoms with E-state index in [2.05, 4.69) is 34.3 Å². The van der Waals surface area contributed by atoms with Gasteiger partial charge in [-0.2, -0.15) is 0 Å². The monoisotopic (exact) mass is 220 g/mol. The van der Waals surface area contributed by atoms with Crippen molar-refractivity contribution in [3.05, 3.63) is 12.2 Å². The van der Waals surface area contributed by atoms with Crippen LogP contribution in [0.15, 0.2) is 12.2 Å². The quantitative estimate of drug-likeness (QED) is 0.533. The van der Waals surface area contributed by atoms with Crippen LogP contribution in [0.4, 0.5) is 0 Å². The fourth-order valence-electron chi connectivity index (χ4n) is 5.03. The zero-order valence-corrected chi connectivity index (χ0v) is 11.6. The van der Waals surface area contributed by atoms with Gasteiger partial charge in [0.25, 0.3) is 0 Å². The largest absolute Gasteiger partial charge is 0.0996 e. The molecule has 3 unspecified atom stereocenters. The van der Waals surface area contributed by atoms with E-state index in [1.54, 1.807) is 5.57 Å². The van der Waals surface area contributed by atoms with Crippen LogP contribution in [-0.4, -0.2) is 0 Å². The first-order valence-electron chi connectivity index (χ1n) is 7.09. The highest BCUT2D eigenvalue weighted by atomic mass is 14.6. The number of rotatable bonds is 1. The summed E-state index contributed by atoms with van der Waals surface area (Å²) in [5.74, 6) is 1.70. The molecule has 2 aliphatic carbocycles. The van der Waals surface area contributed by atoms with Crippen LogP contribution in [0.2, 0.25) is 0 Å². The van der Waals surface area contributed by atoms with E-state index in [-0.39, 0.29) is 0 Å². The second-order valence-corrected chi connectivity index (χ2v) is 7.06. The van der Waals surface area contributed by atoms with Gasteiger partial charge in [-0.25, -0.2) is 0 Å². The van der Waals surface area contributed by atoms with Gasteiger partial charge in [0.05, 0.1) is 0 Å². The second-order valence-electron chi connectivity index (χ2n) is 7.06. The zero-order chi connectivity index (χ0) is 12.0. The summed E-state index contributed by atoms with van der Waals surface area (Å²) >= 11 is 0. The van der Waals surface area contributed by atoms with E-state index < -0.39 is 0 Å². The molecule has 0 heteroatoms. The first kappa shape index (κ1) is 12.2. The maximum Gasteiger partial charge on any atom is -0.0152 e. The van der Waals surface area contributed by atoms with E-state index in [0.717, 1.165) is 11.8 Å². The van der Waals surface area contributed by atoms with E-state index in [9.17, 15) is 0 Å². The van der Waals surface area contributed by atoms with Gasteiger partial charge >= 0.3 is 0 Å². The summed E-state index contributed by atoms with van der Waals surface area (Å²) in [5.41, 5.74) is 2.64. The molecule has 0 saturated heterocycles. The molecular formula is C16H28. The fourth-order valence-corrected chi connectivity index (χ4v) is 5.03. The molecule has 2 rings (SSSR count). The van der Waals surface area contributed by atoms with Crippen LogP contribution >= 0.6 is 0 Å². The Morgan fingerprint density at radius 2 is 1.94 bits per heavy atom. The average molecular weight is 220 g/mol. The number of allylic oxidation sites excluding steroid dienone is 1. The predicted molar refractivity (Wildman–Crippen MR) is 71.4 cm³/mol. The van der Waals surface area contributed by atoms with Crippen molar-refractivity contribution in [3.8, 4) is 0 Å². The van der Waals surface area contributed by atoms with Gasteiger partial charge in [0, 0.05) is 0 Å². The summed E-state index contributed by atoms with van der Waals surface area (Å²) in [4.78, 5) is 0. The molecule has 92 valence electrons. The first-order valence-corrected chi connectivity index (χ1v) is 7.09. The van der Waals surface area contributed by atoms with Crippen molar-refractivity contribution < 1.29 is 0 Å². The van der Waals surface area contributed by atoms with Crippen LogP contribution in [0, 0.1) is 22.7 Å². The maximum atomic E-state index is 4.35. The van der Waals surface area contributed by atoms with E-state index in [0.29, 0.717) is 10.8 Å². The molecule has 2 fully saturated rings. The summed E-state index contributed by atoms with van der Waals surface area (Å²) in [5, 5.41) is 0. The molecule has 16 heavy (non-hydrogen) atoms.